The molecule has 5 atom stereocenters. The molecule has 2 aliphatic heterocycles. The lowest BCUT2D eigenvalue weighted by atomic mass is 9.93. The van der Waals surface area contributed by atoms with Crippen LogP contribution in [-0.4, -0.2) is 74.4 Å². The first-order valence-electron chi connectivity index (χ1n) is 8.65. The predicted octanol–water partition coefficient (Wildman–Crippen LogP) is -0.433. The number of hydrogen-bond donors (Lipinski definition) is 3. The molecule has 0 aromatic heterocycles. The van der Waals surface area contributed by atoms with Gasteiger partial charge in [0.25, 0.3) is 0 Å². The van der Waals surface area contributed by atoms with Gasteiger partial charge >= 0.3 is 0 Å². The molecule has 0 spiro atoms. The summed E-state index contributed by atoms with van der Waals surface area (Å²) < 4.78 is 16.7. The number of nitrogens with one attached hydrogen (secondary N) is 2. The Morgan fingerprint density at radius 2 is 2.17 bits per heavy atom. The highest BCUT2D eigenvalue weighted by Crippen LogP contribution is 2.35. The SMILES string of the molecule is COCCNC(=O)C[C@@H]1C[C@H]2O[C@H](CNC3CCC3)[C@@H](O)[C@H]2O1. The van der Waals surface area contributed by atoms with Gasteiger partial charge in [-0.05, 0) is 12.8 Å². The Balaban J connectivity index is 1.38. The third kappa shape index (κ3) is 4.22. The molecule has 0 bridgehead atoms. The molecule has 1 aliphatic carbocycles. The molecule has 1 amide bonds. The lowest BCUT2D eigenvalue weighted by Gasteiger charge is -2.29. The Kier molecular flexibility index (Phi) is 5.87. The smallest absolute Gasteiger partial charge is 0.222 e. The zero-order chi connectivity index (χ0) is 16.2. The van der Waals surface area contributed by atoms with Crippen LogP contribution in [0.15, 0.2) is 0 Å². The maximum Gasteiger partial charge on any atom is 0.222 e. The third-order valence-electron chi connectivity index (χ3n) is 5.03. The second-order valence-corrected chi connectivity index (χ2v) is 6.74. The fourth-order valence-electron chi connectivity index (χ4n) is 3.48. The molecule has 3 N–H and O–H groups in total. The Bertz CT molecular complexity index is 404. The minimum atomic E-state index is -0.617. The second kappa shape index (κ2) is 7.90. The van der Waals surface area contributed by atoms with E-state index in [2.05, 4.69) is 10.6 Å². The molecule has 3 fully saturated rings. The Labute approximate surface area is 137 Å². The minimum Gasteiger partial charge on any atom is -0.388 e. The summed E-state index contributed by atoms with van der Waals surface area (Å²) >= 11 is 0. The van der Waals surface area contributed by atoms with Gasteiger partial charge in [-0.25, -0.2) is 0 Å². The summed E-state index contributed by atoms with van der Waals surface area (Å²) in [5.74, 6) is -0.0512. The van der Waals surface area contributed by atoms with Crippen molar-refractivity contribution < 1.29 is 24.1 Å². The van der Waals surface area contributed by atoms with Crippen LogP contribution in [0.4, 0.5) is 0 Å². The van der Waals surface area contributed by atoms with Crippen molar-refractivity contribution in [2.75, 3.05) is 26.8 Å². The first-order chi connectivity index (χ1) is 11.2. The van der Waals surface area contributed by atoms with E-state index in [1.807, 2.05) is 0 Å². The molecule has 0 aromatic rings. The Morgan fingerprint density at radius 1 is 1.35 bits per heavy atom. The van der Waals surface area contributed by atoms with Gasteiger partial charge in [0.1, 0.15) is 12.2 Å². The number of amides is 1. The number of aliphatic hydroxyl groups is 1. The molecule has 3 aliphatic rings. The van der Waals surface area contributed by atoms with Gasteiger partial charge in [0, 0.05) is 32.7 Å². The van der Waals surface area contributed by atoms with Crippen LogP contribution in [0.2, 0.25) is 0 Å². The van der Waals surface area contributed by atoms with Crippen molar-refractivity contribution >= 4 is 5.91 Å². The lowest BCUT2D eigenvalue weighted by molar-refractivity contribution is -0.124. The second-order valence-electron chi connectivity index (χ2n) is 6.74. The standard InChI is InChI=1S/C16H28N2O5/c1-21-6-5-17-14(19)8-11-7-12-16(22-11)15(20)13(23-12)9-18-10-3-2-4-10/h10-13,15-16,18,20H,2-9H2,1H3,(H,17,19)/t11-,12+,13+,15+,16-/m0/s1. The molecular formula is C16H28N2O5. The average Bonchev–Trinajstić information content (AvgIpc) is 2.97. The summed E-state index contributed by atoms with van der Waals surface area (Å²) in [6, 6.07) is 0.579. The van der Waals surface area contributed by atoms with Gasteiger partial charge in [0.2, 0.25) is 5.91 Å². The van der Waals surface area contributed by atoms with Crippen molar-refractivity contribution in [2.45, 2.75) is 68.7 Å². The predicted molar refractivity (Wildman–Crippen MR) is 83.1 cm³/mol. The Hall–Kier alpha value is -0.730. The van der Waals surface area contributed by atoms with Crippen molar-refractivity contribution in [3.63, 3.8) is 0 Å². The first kappa shape index (κ1) is 17.1. The molecule has 2 saturated heterocycles. The van der Waals surface area contributed by atoms with E-state index in [0.717, 1.165) is 0 Å². The average molecular weight is 328 g/mol. The van der Waals surface area contributed by atoms with Crippen LogP contribution < -0.4 is 10.6 Å². The van der Waals surface area contributed by atoms with Gasteiger partial charge in [-0.1, -0.05) is 6.42 Å². The highest BCUT2D eigenvalue weighted by Gasteiger charge is 2.50. The molecule has 1 saturated carbocycles. The number of aliphatic hydroxyl groups excluding tert-OH is 1. The highest BCUT2D eigenvalue weighted by molar-refractivity contribution is 5.76. The van der Waals surface area contributed by atoms with Crippen molar-refractivity contribution in [1.82, 2.24) is 10.6 Å². The molecule has 132 valence electrons. The zero-order valence-electron chi connectivity index (χ0n) is 13.7. The van der Waals surface area contributed by atoms with Gasteiger partial charge in [-0.2, -0.15) is 0 Å². The third-order valence-corrected chi connectivity index (χ3v) is 5.03. The monoisotopic (exact) mass is 328 g/mol. The molecule has 7 nitrogen and oxygen atoms in total. The molecule has 7 heteroatoms. The van der Waals surface area contributed by atoms with E-state index in [4.69, 9.17) is 14.2 Å². The van der Waals surface area contributed by atoms with Crippen molar-refractivity contribution in [2.24, 2.45) is 0 Å². The van der Waals surface area contributed by atoms with Crippen LogP contribution in [-0.2, 0) is 19.0 Å². The van der Waals surface area contributed by atoms with E-state index < -0.39 is 6.10 Å². The summed E-state index contributed by atoms with van der Waals surface area (Å²) in [5.41, 5.74) is 0. The van der Waals surface area contributed by atoms with Crippen LogP contribution in [0.1, 0.15) is 32.1 Å². The molecule has 0 radical (unpaired) electrons. The van der Waals surface area contributed by atoms with Gasteiger partial charge in [0.05, 0.1) is 31.3 Å². The van der Waals surface area contributed by atoms with Crippen LogP contribution >= 0.6 is 0 Å². The summed E-state index contributed by atoms with van der Waals surface area (Å²) in [6.07, 6.45) is 3.28. The first-order valence-corrected chi connectivity index (χ1v) is 8.65. The van der Waals surface area contributed by atoms with E-state index >= 15 is 0 Å². The van der Waals surface area contributed by atoms with E-state index in [1.165, 1.54) is 19.3 Å². The number of methoxy groups -OCH3 is 1. The van der Waals surface area contributed by atoms with Gasteiger partial charge < -0.3 is 30.0 Å². The summed E-state index contributed by atoms with van der Waals surface area (Å²) in [7, 11) is 1.60. The van der Waals surface area contributed by atoms with Crippen molar-refractivity contribution in [3.8, 4) is 0 Å². The number of carbonyl (C=O) groups excluding carboxylic acids is 1. The normalized spacial score (nSPS) is 36.7. The zero-order valence-corrected chi connectivity index (χ0v) is 13.7. The number of carbonyl (C=O) groups is 1. The topological polar surface area (TPSA) is 89.1 Å². The van der Waals surface area contributed by atoms with Gasteiger partial charge in [-0.3, -0.25) is 4.79 Å². The van der Waals surface area contributed by atoms with E-state index in [9.17, 15) is 9.90 Å². The maximum absolute atomic E-state index is 11.8. The summed E-state index contributed by atoms with van der Waals surface area (Å²) in [5, 5.41) is 16.6. The van der Waals surface area contributed by atoms with Crippen LogP contribution in [0.5, 0.6) is 0 Å². The number of rotatable bonds is 8. The molecule has 0 unspecified atom stereocenters. The molecule has 2 heterocycles. The quantitative estimate of drug-likeness (QED) is 0.524. The summed E-state index contributed by atoms with van der Waals surface area (Å²) in [6.45, 7) is 1.67. The van der Waals surface area contributed by atoms with E-state index in [0.29, 0.717) is 38.6 Å². The Morgan fingerprint density at radius 3 is 2.83 bits per heavy atom. The minimum absolute atomic E-state index is 0.0512. The van der Waals surface area contributed by atoms with Crippen molar-refractivity contribution in [3.05, 3.63) is 0 Å². The highest BCUT2D eigenvalue weighted by atomic mass is 16.6. The molecule has 0 aromatic carbocycles. The molecular weight excluding hydrogens is 300 g/mol. The number of hydrogen-bond acceptors (Lipinski definition) is 6. The van der Waals surface area contributed by atoms with Crippen LogP contribution in [0.25, 0.3) is 0 Å². The molecule has 3 rings (SSSR count). The fourth-order valence-corrected chi connectivity index (χ4v) is 3.48. The van der Waals surface area contributed by atoms with E-state index in [-0.39, 0.29) is 30.3 Å². The molecule has 23 heavy (non-hydrogen) atoms. The van der Waals surface area contributed by atoms with Crippen LogP contribution in [0.3, 0.4) is 0 Å². The lowest BCUT2D eigenvalue weighted by Crippen LogP contribution is -2.44. The summed E-state index contributed by atoms with van der Waals surface area (Å²) in [4.78, 5) is 11.8. The number of ether oxygens (including phenoxy) is 3. The maximum atomic E-state index is 11.8. The van der Waals surface area contributed by atoms with Crippen LogP contribution in [0, 0.1) is 0 Å². The van der Waals surface area contributed by atoms with Crippen molar-refractivity contribution in [1.29, 1.82) is 0 Å². The van der Waals surface area contributed by atoms with E-state index in [1.54, 1.807) is 7.11 Å². The number of fused-ring (bicyclic) bond motifs is 1. The van der Waals surface area contributed by atoms with Gasteiger partial charge in [-0.15, -0.1) is 0 Å². The fraction of sp³-hybridized carbons (Fsp3) is 0.938. The largest absolute Gasteiger partial charge is 0.388 e. The van der Waals surface area contributed by atoms with Gasteiger partial charge in [0.15, 0.2) is 0 Å².